The van der Waals surface area contributed by atoms with Crippen LogP contribution in [0.5, 0.6) is 0 Å². The van der Waals surface area contributed by atoms with Gasteiger partial charge in [0.1, 0.15) is 5.78 Å². The lowest BCUT2D eigenvalue weighted by Crippen LogP contribution is -2.36. The third kappa shape index (κ3) is 2.83. The van der Waals surface area contributed by atoms with Crippen molar-refractivity contribution in [1.29, 1.82) is 0 Å². The monoisotopic (exact) mass is 239 g/mol. The molecule has 1 rings (SSSR count). The van der Waals surface area contributed by atoms with E-state index in [9.17, 15) is 4.79 Å². The van der Waals surface area contributed by atoms with Crippen LogP contribution < -0.4 is 0 Å². The summed E-state index contributed by atoms with van der Waals surface area (Å²) >= 11 is 6.14. The molecule has 2 atom stereocenters. The first-order valence-corrected chi connectivity index (χ1v) is 5.79. The predicted octanol–water partition coefficient (Wildman–Crippen LogP) is 3.31. The normalized spacial score (nSPS) is 14.9. The highest BCUT2D eigenvalue weighted by atomic mass is 35.5. The van der Waals surface area contributed by atoms with Gasteiger partial charge in [-0.25, -0.2) is 0 Å². The van der Waals surface area contributed by atoms with Crippen LogP contribution in [-0.4, -0.2) is 23.8 Å². The number of carbonyl (C=O) groups is 1. The summed E-state index contributed by atoms with van der Waals surface area (Å²) in [5, 5.41) is 0.748. The maximum Gasteiger partial charge on any atom is 0.146 e. The van der Waals surface area contributed by atoms with Crippen LogP contribution >= 0.6 is 11.6 Å². The summed E-state index contributed by atoms with van der Waals surface area (Å²) < 4.78 is 0. The van der Waals surface area contributed by atoms with Gasteiger partial charge in [0.15, 0.2) is 0 Å². The van der Waals surface area contributed by atoms with Crippen molar-refractivity contribution >= 4 is 17.4 Å². The Bertz CT molecular complexity index is 378. The van der Waals surface area contributed by atoms with Crippen molar-refractivity contribution in [1.82, 2.24) is 4.90 Å². The molecule has 0 radical (unpaired) electrons. The molecule has 16 heavy (non-hydrogen) atoms. The Morgan fingerprint density at radius 2 is 1.88 bits per heavy atom. The summed E-state index contributed by atoms with van der Waals surface area (Å²) in [4.78, 5) is 13.4. The van der Waals surface area contributed by atoms with Crippen molar-refractivity contribution in [3.63, 3.8) is 0 Å². The van der Waals surface area contributed by atoms with E-state index >= 15 is 0 Å². The second-order valence-electron chi connectivity index (χ2n) is 4.15. The molecule has 2 unspecified atom stereocenters. The fraction of sp³-hybridized carbons (Fsp3) is 0.462. The quantitative estimate of drug-likeness (QED) is 0.804. The third-order valence-electron chi connectivity index (χ3n) is 3.17. The number of rotatable bonds is 4. The van der Waals surface area contributed by atoms with E-state index in [1.54, 1.807) is 6.92 Å². The molecule has 0 aliphatic carbocycles. The number of nitrogens with zero attached hydrogens (tertiary/aromatic N) is 1. The number of benzene rings is 1. The van der Waals surface area contributed by atoms with Crippen LogP contribution in [0.3, 0.4) is 0 Å². The zero-order valence-electron chi connectivity index (χ0n) is 10.2. The van der Waals surface area contributed by atoms with Gasteiger partial charge in [0, 0.05) is 11.1 Å². The van der Waals surface area contributed by atoms with E-state index in [0.29, 0.717) is 0 Å². The topological polar surface area (TPSA) is 20.3 Å². The van der Waals surface area contributed by atoms with Gasteiger partial charge in [0.25, 0.3) is 0 Å². The molecule has 0 fully saturated rings. The summed E-state index contributed by atoms with van der Waals surface area (Å²) in [6.45, 7) is 5.58. The summed E-state index contributed by atoms with van der Waals surface area (Å²) in [6.07, 6.45) is 0. The maximum atomic E-state index is 11.3. The predicted molar refractivity (Wildman–Crippen MR) is 67.8 cm³/mol. The Kier molecular flexibility index (Phi) is 4.51. The van der Waals surface area contributed by atoms with Crippen molar-refractivity contribution in [3.05, 3.63) is 34.9 Å². The summed E-state index contributed by atoms with van der Waals surface area (Å²) in [7, 11) is 1.94. The lowest BCUT2D eigenvalue weighted by Gasteiger charge is -2.30. The second kappa shape index (κ2) is 5.46. The molecule has 1 aromatic carbocycles. The molecular weight excluding hydrogens is 222 g/mol. The Labute approximate surface area is 102 Å². The number of Topliss-reactive ketones (excluding diaryl/α,β-unsaturated/α-hetero) is 1. The first kappa shape index (κ1) is 13.2. The molecule has 2 nitrogen and oxygen atoms in total. The highest BCUT2D eigenvalue weighted by molar-refractivity contribution is 6.31. The molecule has 3 heteroatoms. The first-order chi connectivity index (χ1) is 7.45. The number of hydrogen-bond acceptors (Lipinski definition) is 2. The molecule has 0 saturated carbocycles. The highest BCUT2D eigenvalue weighted by Crippen LogP contribution is 2.27. The van der Waals surface area contributed by atoms with Gasteiger partial charge in [-0.3, -0.25) is 9.69 Å². The largest absolute Gasteiger partial charge is 0.298 e. The zero-order valence-corrected chi connectivity index (χ0v) is 11.0. The van der Waals surface area contributed by atoms with E-state index in [1.165, 1.54) is 0 Å². The van der Waals surface area contributed by atoms with Gasteiger partial charge in [-0.1, -0.05) is 29.8 Å². The van der Waals surface area contributed by atoms with Gasteiger partial charge in [-0.05, 0) is 39.4 Å². The molecule has 0 N–H and O–H groups in total. The van der Waals surface area contributed by atoms with Gasteiger partial charge in [-0.2, -0.15) is 0 Å². The van der Waals surface area contributed by atoms with E-state index < -0.39 is 0 Å². The van der Waals surface area contributed by atoms with Gasteiger partial charge in [-0.15, -0.1) is 0 Å². The van der Waals surface area contributed by atoms with Crippen LogP contribution in [0.1, 0.15) is 32.4 Å². The number of likely N-dealkylation sites (N-methyl/N-ethyl adjacent to an activating group) is 1. The van der Waals surface area contributed by atoms with Crippen LogP contribution in [0.2, 0.25) is 5.02 Å². The SMILES string of the molecule is CC(=O)C(C)N(C)C(C)c1ccccc1Cl. The van der Waals surface area contributed by atoms with Crippen LogP contribution in [0.4, 0.5) is 0 Å². The summed E-state index contributed by atoms with van der Waals surface area (Å²) in [5.74, 6) is 0.168. The average molecular weight is 240 g/mol. The molecule has 1 aromatic rings. The van der Waals surface area contributed by atoms with Crippen LogP contribution in [-0.2, 0) is 4.79 Å². The van der Waals surface area contributed by atoms with Gasteiger partial charge >= 0.3 is 0 Å². The average Bonchev–Trinajstić information content (AvgIpc) is 2.26. The van der Waals surface area contributed by atoms with Crippen LogP contribution in [0.25, 0.3) is 0 Å². The highest BCUT2D eigenvalue weighted by Gasteiger charge is 2.21. The minimum atomic E-state index is -0.0914. The Morgan fingerprint density at radius 3 is 2.38 bits per heavy atom. The van der Waals surface area contributed by atoms with Gasteiger partial charge in [0.2, 0.25) is 0 Å². The van der Waals surface area contributed by atoms with Crippen LogP contribution in [0, 0.1) is 0 Å². The van der Waals surface area contributed by atoms with Crippen molar-refractivity contribution in [2.75, 3.05) is 7.05 Å². The Morgan fingerprint density at radius 1 is 1.31 bits per heavy atom. The molecule has 0 bridgehead atoms. The zero-order chi connectivity index (χ0) is 12.3. The molecule has 88 valence electrons. The standard InChI is InChI=1S/C13H18ClNO/c1-9(11(3)16)15(4)10(2)12-7-5-6-8-13(12)14/h5-10H,1-4H3. The number of hydrogen-bond donors (Lipinski definition) is 0. The van der Waals surface area contributed by atoms with Crippen molar-refractivity contribution < 1.29 is 4.79 Å². The van der Waals surface area contributed by atoms with Gasteiger partial charge in [0.05, 0.1) is 6.04 Å². The first-order valence-electron chi connectivity index (χ1n) is 5.42. The minimum Gasteiger partial charge on any atom is -0.298 e. The lowest BCUT2D eigenvalue weighted by atomic mass is 10.0. The van der Waals surface area contributed by atoms with E-state index in [0.717, 1.165) is 10.6 Å². The number of carbonyl (C=O) groups excluding carboxylic acids is 1. The van der Waals surface area contributed by atoms with E-state index in [1.807, 2.05) is 43.1 Å². The fourth-order valence-electron chi connectivity index (χ4n) is 1.66. The molecule has 0 heterocycles. The molecule has 0 saturated heterocycles. The Hall–Kier alpha value is -0.860. The fourth-order valence-corrected chi connectivity index (χ4v) is 1.95. The van der Waals surface area contributed by atoms with Crippen molar-refractivity contribution in [3.8, 4) is 0 Å². The van der Waals surface area contributed by atoms with E-state index in [4.69, 9.17) is 11.6 Å². The third-order valence-corrected chi connectivity index (χ3v) is 3.51. The maximum absolute atomic E-state index is 11.3. The molecule has 0 aliphatic heterocycles. The number of halogens is 1. The molecule has 0 spiro atoms. The van der Waals surface area contributed by atoms with Crippen LogP contribution in [0.15, 0.2) is 24.3 Å². The lowest BCUT2D eigenvalue weighted by molar-refractivity contribution is -0.121. The summed E-state index contributed by atoms with van der Waals surface area (Å²) in [5.41, 5.74) is 1.06. The minimum absolute atomic E-state index is 0.0914. The Balaban J connectivity index is 2.90. The van der Waals surface area contributed by atoms with Crippen molar-refractivity contribution in [2.45, 2.75) is 32.9 Å². The second-order valence-corrected chi connectivity index (χ2v) is 4.56. The smallest absolute Gasteiger partial charge is 0.146 e. The van der Waals surface area contributed by atoms with E-state index in [2.05, 4.69) is 6.92 Å². The van der Waals surface area contributed by atoms with E-state index in [-0.39, 0.29) is 17.9 Å². The molecule has 0 amide bonds. The molecular formula is C13H18ClNO. The molecule has 0 aromatic heterocycles. The summed E-state index contributed by atoms with van der Waals surface area (Å²) in [6, 6.07) is 7.78. The molecule has 0 aliphatic rings. The number of ketones is 1. The van der Waals surface area contributed by atoms with Crippen molar-refractivity contribution in [2.24, 2.45) is 0 Å². The van der Waals surface area contributed by atoms with Gasteiger partial charge < -0.3 is 0 Å².